The van der Waals surface area contributed by atoms with Crippen LogP contribution in [-0.4, -0.2) is 33.8 Å². The van der Waals surface area contributed by atoms with Crippen LogP contribution in [0.15, 0.2) is 95.9 Å². The highest BCUT2D eigenvalue weighted by Gasteiger charge is 2.28. The summed E-state index contributed by atoms with van der Waals surface area (Å²) in [6.45, 7) is 7.63. The molecule has 0 aromatic heterocycles. The van der Waals surface area contributed by atoms with Gasteiger partial charge in [-0.2, -0.15) is 0 Å². The van der Waals surface area contributed by atoms with E-state index in [1.54, 1.807) is 48.5 Å². The Bertz CT molecular complexity index is 1710. The van der Waals surface area contributed by atoms with E-state index in [2.05, 4.69) is 26.1 Å². The van der Waals surface area contributed by atoms with Crippen molar-refractivity contribution in [3.8, 4) is 5.75 Å². The van der Waals surface area contributed by atoms with Crippen LogP contribution >= 0.6 is 11.6 Å². The minimum absolute atomic E-state index is 0.0258. The number of benzene rings is 4. The predicted octanol–water partition coefficient (Wildman–Crippen LogP) is 7.02. The van der Waals surface area contributed by atoms with E-state index in [0.29, 0.717) is 22.6 Å². The van der Waals surface area contributed by atoms with Crippen molar-refractivity contribution in [2.24, 2.45) is 0 Å². The largest absolute Gasteiger partial charge is 0.495 e. The van der Waals surface area contributed by atoms with Crippen LogP contribution in [0.5, 0.6) is 5.75 Å². The molecule has 0 radical (unpaired) electrons. The third kappa shape index (κ3) is 7.01. The van der Waals surface area contributed by atoms with E-state index in [-0.39, 0.29) is 26.8 Å². The number of hydrogen-bond acceptors (Lipinski definition) is 5. The Morgan fingerprint density at radius 1 is 0.881 bits per heavy atom. The summed E-state index contributed by atoms with van der Waals surface area (Å²) in [6, 6.07) is 24.9. The molecule has 0 fully saturated rings. The summed E-state index contributed by atoms with van der Waals surface area (Å²) in [4.78, 5) is 26.5. The van der Waals surface area contributed by atoms with Gasteiger partial charge in [0, 0.05) is 16.8 Å². The van der Waals surface area contributed by atoms with Crippen LogP contribution in [0.2, 0.25) is 5.02 Å². The van der Waals surface area contributed by atoms with E-state index in [1.807, 2.05) is 19.1 Å². The third-order valence-corrected chi connectivity index (χ3v) is 8.82. The van der Waals surface area contributed by atoms with E-state index in [4.69, 9.17) is 16.3 Å². The summed E-state index contributed by atoms with van der Waals surface area (Å²) >= 11 is 6.31. The molecule has 0 aliphatic carbocycles. The Morgan fingerprint density at radius 2 is 1.55 bits per heavy atom. The number of anilines is 2. The van der Waals surface area contributed by atoms with Gasteiger partial charge in [-0.1, -0.05) is 86.5 Å². The molecule has 0 unspecified atom stereocenters. The highest BCUT2D eigenvalue weighted by atomic mass is 35.5. The van der Waals surface area contributed by atoms with Crippen LogP contribution in [0.3, 0.4) is 0 Å². The lowest BCUT2D eigenvalue weighted by Gasteiger charge is -2.24. The van der Waals surface area contributed by atoms with Crippen LogP contribution in [0.4, 0.5) is 11.4 Å². The van der Waals surface area contributed by atoms with Gasteiger partial charge in [-0.3, -0.25) is 13.9 Å². The maximum atomic E-state index is 13.7. The molecule has 0 atom stereocenters. The lowest BCUT2D eigenvalue weighted by molar-refractivity contribution is -0.114. The molecule has 4 rings (SSSR count). The summed E-state index contributed by atoms with van der Waals surface area (Å²) < 4.78 is 33.6. The zero-order chi connectivity index (χ0) is 30.7. The number of methoxy groups -OCH3 is 1. The molecule has 218 valence electrons. The number of nitrogens with one attached hydrogen (secondary N) is 1. The van der Waals surface area contributed by atoms with Gasteiger partial charge in [-0.05, 0) is 60.4 Å². The normalized spacial score (nSPS) is 11.6. The number of rotatable bonds is 9. The molecule has 7 nitrogen and oxygen atoms in total. The van der Waals surface area contributed by atoms with Gasteiger partial charge in [-0.15, -0.1) is 0 Å². The molecule has 1 amide bonds. The maximum absolute atomic E-state index is 13.7. The van der Waals surface area contributed by atoms with Gasteiger partial charge in [-0.25, -0.2) is 8.42 Å². The third-order valence-electron chi connectivity index (χ3n) is 6.74. The average molecular weight is 605 g/mol. The van der Waals surface area contributed by atoms with Crippen LogP contribution in [0.25, 0.3) is 0 Å². The molecule has 0 heterocycles. The first kappa shape index (κ1) is 30.8. The molecule has 0 aliphatic rings. The molecule has 0 spiro atoms. The Hall–Kier alpha value is -4.14. The highest BCUT2D eigenvalue weighted by Crippen LogP contribution is 2.32. The first-order valence-electron chi connectivity index (χ1n) is 13.3. The Kier molecular flexibility index (Phi) is 9.09. The monoisotopic (exact) mass is 604 g/mol. The molecule has 0 saturated heterocycles. The SMILES string of the molecule is COc1ccc(N(CC(=O)Nc2cccc(C(=O)c3ccc(C(C)(C)C)cc3)c2)S(=O)(=O)c2ccc(C)cc2)cc1Cl. The van der Waals surface area contributed by atoms with E-state index in [0.717, 1.165) is 15.4 Å². The number of hydrogen-bond donors (Lipinski definition) is 1. The van der Waals surface area contributed by atoms with E-state index >= 15 is 0 Å². The fraction of sp³-hybridized carbons (Fsp3) is 0.212. The van der Waals surface area contributed by atoms with Crippen molar-refractivity contribution in [2.75, 3.05) is 23.3 Å². The number of ketones is 1. The fourth-order valence-corrected chi connectivity index (χ4v) is 5.99. The molecular weight excluding hydrogens is 572 g/mol. The lowest BCUT2D eigenvalue weighted by atomic mass is 9.86. The molecule has 4 aromatic rings. The molecule has 0 bridgehead atoms. The molecule has 9 heteroatoms. The Morgan fingerprint density at radius 3 is 2.14 bits per heavy atom. The Labute approximate surface area is 252 Å². The molecule has 0 saturated carbocycles. The molecule has 4 aromatic carbocycles. The van der Waals surface area contributed by atoms with Crippen molar-refractivity contribution in [1.29, 1.82) is 0 Å². The van der Waals surface area contributed by atoms with Crippen molar-refractivity contribution in [3.63, 3.8) is 0 Å². The van der Waals surface area contributed by atoms with Crippen LogP contribution in [0, 0.1) is 6.92 Å². The van der Waals surface area contributed by atoms with Gasteiger partial charge in [0.25, 0.3) is 10.0 Å². The molecule has 42 heavy (non-hydrogen) atoms. The smallest absolute Gasteiger partial charge is 0.264 e. The number of halogens is 1. The quantitative estimate of drug-likeness (QED) is 0.207. The van der Waals surface area contributed by atoms with E-state index in [1.165, 1.54) is 37.4 Å². The number of aryl methyl sites for hydroxylation is 1. The summed E-state index contributed by atoms with van der Waals surface area (Å²) in [6.07, 6.45) is 0. The van der Waals surface area contributed by atoms with Crippen molar-refractivity contribution in [3.05, 3.63) is 118 Å². The van der Waals surface area contributed by atoms with Gasteiger partial charge in [0.15, 0.2) is 5.78 Å². The second kappa shape index (κ2) is 12.4. The first-order chi connectivity index (χ1) is 19.8. The number of ether oxygens (including phenoxy) is 1. The minimum atomic E-state index is -4.15. The molecular formula is C33H33ClN2O5S. The zero-order valence-corrected chi connectivity index (χ0v) is 25.7. The van der Waals surface area contributed by atoms with Crippen LogP contribution in [-0.2, 0) is 20.2 Å². The maximum Gasteiger partial charge on any atom is 0.264 e. The summed E-state index contributed by atoms with van der Waals surface area (Å²) in [5.41, 5.74) is 3.44. The molecule has 0 aliphatic heterocycles. The molecule has 1 N–H and O–H groups in total. The minimum Gasteiger partial charge on any atom is -0.495 e. The van der Waals surface area contributed by atoms with E-state index < -0.39 is 22.5 Å². The zero-order valence-electron chi connectivity index (χ0n) is 24.1. The first-order valence-corrected chi connectivity index (χ1v) is 15.1. The predicted molar refractivity (Wildman–Crippen MR) is 167 cm³/mol. The summed E-state index contributed by atoms with van der Waals surface area (Å²) in [7, 11) is -2.69. The second-order valence-corrected chi connectivity index (χ2v) is 13.2. The number of carbonyl (C=O) groups excluding carboxylic acids is 2. The average Bonchev–Trinajstić information content (AvgIpc) is 2.95. The van der Waals surface area contributed by atoms with Crippen LogP contribution in [0.1, 0.15) is 47.8 Å². The van der Waals surface area contributed by atoms with Gasteiger partial charge in [0.05, 0.1) is 22.7 Å². The van der Waals surface area contributed by atoms with Crippen molar-refractivity contribution in [1.82, 2.24) is 0 Å². The lowest BCUT2D eigenvalue weighted by Crippen LogP contribution is -2.38. The summed E-state index contributed by atoms with van der Waals surface area (Å²) in [5, 5.41) is 2.93. The number of carbonyl (C=O) groups is 2. The second-order valence-electron chi connectivity index (χ2n) is 10.9. The van der Waals surface area contributed by atoms with Crippen molar-refractivity contribution >= 4 is 44.7 Å². The topological polar surface area (TPSA) is 92.8 Å². The van der Waals surface area contributed by atoms with Gasteiger partial charge in [0.2, 0.25) is 5.91 Å². The standard InChI is InChI=1S/C33H33ClN2O5S/c1-22-9-16-28(17-10-22)42(39,40)36(27-15-18-30(41-5)29(34)20-27)21-31(37)35-26-8-6-7-24(19-26)32(38)23-11-13-25(14-12-23)33(2,3)4/h6-20H,21H2,1-5H3,(H,35,37). The Balaban J connectivity index is 1.59. The van der Waals surface area contributed by atoms with Gasteiger partial charge >= 0.3 is 0 Å². The number of amides is 1. The fourth-order valence-electron chi connectivity index (χ4n) is 4.32. The van der Waals surface area contributed by atoms with Crippen LogP contribution < -0.4 is 14.4 Å². The van der Waals surface area contributed by atoms with Crippen molar-refractivity contribution < 1.29 is 22.7 Å². The van der Waals surface area contributed by atoms with Crippen molar-refractivity contribution in [2.45, 2.75) is 38.0 Å². The van der Waals surface area contributed by atoms with Gasteiger partial charge in [0.1, 0.15) is 12.3 Å². The number of nitrogens with zero attached hydrogens (tertiary/aromatic N) is 1. The van der Waals surface area contributed by atoms with Gasteiger partial charge < -0.3 is 10.1 Å². The highest BCUT2D eigenvalue weighted by molar-refractivity contribution is 7.92. The number of sulfonamides is 1. The van der Waals surface area contributed by atoms with E-state index in [9.17, 15) is 18.0 Å². The summed E-state index contributed by atoms with van der Waals surface area (Å²) in [5.74, 6) is -0.424.